The Morgan fingerprint density at radius 3 is 2.46 bits per heavy atom. The van der Waals surface area contributed by atoms with Crippen molar-refractivity contribution < 1.29 is 9.90 Å². The molecule has 0 radical (unpaired) electrons. The molecule has 1 aromatic carbocycles. The Morgan fingerprint density at radius 2 is 1.88 bits per heavy atom. The molecule has 1 saturated heterocycles. The number of hydrogen-bond donors (Lipinski definition) is 1. The maximum Gasteiger partial charge on any atom is 0.320 e. The zero-order valence-electron chi connectivity index (χ0n) is 14.3. The topological polar surface area (TPSA) is 40.5 Å². The van der Waals surface area contributed by atoms with Crippen molar-refractivity contribution in [3.63, 3.8) is 0 Å². The van der Waals surface area contributed by atoms with E-state index in [1.54, 1.807) is 11.3 Å². The van der Waals surface area contributed by atoms with E-state index in [0.717, 1.165) is 25.8 Å². The highest BCUT2D eigenvalue weighted by Gasteiger charge is 2.35. The van der Waals surface area contributed by atoms with Crippen molar-refractivity contribution in [2.45, 2.75) is 51.1 Å². The molecule has 3 nitrogen and oxygen atoms in total. The summed E-state index contributed by atoms with van der Waals surface area (Å²) in [5.41, 5.74) is 2.51. The smallest absolute Gasteiger partial charge is 0.320 e. The number of carbonyl (C=O) groups is 1. The summed E-state index contributed by atoms with van der Waals surface area (Å²) in [6.45, 7) is 5.22. The summed E-state index contributed by atoms with van der Waals surface area (Å²) in [5.74, 6) is -0.198. The molecule has 2 heterocycles. The van der Waals surface area contributed by atoms with E-state index in [9.17, 15) is 9.90 Å². The van der Waals surface area contributed by atoms with Crippen LogP contribution in [-0.4, -0.2) is 28.6 Å². The average Bonchev–Trinajstić information content (AvgIpc) is 3.10. The van der Waals surface area contributed by atoms with E-state index in [0.29, 0.717) is 5.92 Å². The maximum absolute atomic E-state index is 11.8. The largest absolute Gasteiger partial charge is 0.480 e. The fourth-order valence-electron chi connectivity index (χ4n) is 3.56. The maximum atomic E-state index is 11.8. The molecule has 0 aliphatic carbocycles. The van der Waals surface area contributed by atoms with Gasteiger partial charge in [-0.15, -0.1) is 11.3 Å². The standard InChI is InChI=1S/C20H25NO2S/c1-14(2)15-8-10-16(11-9-15)19(18-7-5-13-24-18)21-12-4-3-6-17(21)20(22)23/h5,7-11,13-14,17,19H,3-4,6,12H2,1-2H3,(H,22,23). The van der Waals surface area contributed by atoms with E-state index < -0.39 is 12.0 Å². The summed E-state index contributed by atoms with van der Waals surface area (Å²) in [6, 6.07) is 12.5. The molecule has 2 aromatic rings. The number of carboxylic acid groups (broad SMARTS) is 1. The Bertz CT molecular complexity index is 663. The van der Waals surface area contributed by atoms with Crippen LogP contribution in [0.1, 0.15) is 61.1 Å². The number of nitrogens with zero attached hydrogens (tertiary/aromatic N) is 1. The molecule has 2 unspecified atom stereocenters. The highest BCUT2D eigenvalue weighted by Crippen LogP contribution is 2.36. The van der Waals surface area contributed by atoms with Crippen molar-refractivity contribution >= 4 is 17.3 Å². The van der Waals surface area contributed by atoms with Crippen LogP contribution in [0.15, 0.2) is 41.8 Å². The second-order valence-electron chi connectivity index (χ2n) is 6.83. The summed E-state index contributed by atoms with van der Waals surface area (Å²) < 4.78 is 0. The van der Waals surface area contributed by atoms with Crippen LogP contribution in [0.3, 0.4) is 0 Å². The first-order valence-corrected chi connectivity index (χ1v) is 9.57. The summed E-state index contributed by atoms with van der Waals surface area (Å²) in [6.07, 6.45) is 2.80. The average molecular weight is 343 g/mol. The Kier molecular flexibility index (Phi) is 5.36. The van der Waals surface area contributed by atoms with E-state index >= 15 is 0 Å². The number of rotatable bonds is 5. The third-order valence-corrected chi connectivity index (χ3v) is 5.82. The molecular weight excluding hydrogens is 318 g/mol. The van der Waals surface area contributed by atoms with Crippen molar-refractivity contribution in [1.29, 1.82) is 0 Å². The number of carboxylic acids is 1. The lowest BCUT2D eigenvalue weighted by atomic mass is 9.93. The molecule has 1 N–H and O–H groups in total. The minimum absolute atomic E-state index is 0.0348. The van der Waals surface area contributed by atoms with Gasteiger partial charge in [-0.3, -0.25) is 9.69 Å². The Morgan fingerprint density at radius 1 is 1.17 bits per heavy atom. The minimum Gasteiger partial charge on any atom is -0.480 e. The van der Waals surface area contributed by atoms with Crippen LogP contribution < -0.4 is 0 Å². The van der Waals surface area contributed by atoms with Crippen molar-refractivity contribution in [1.82, 2.24) is 4.90 Å². The summed E-state index contributed by atoms with van der Waals surface area (Å²) >= 11 is 1.71. The lowest BCUT2D eigenvalue weighted by Crippen LogP contribution is -2.46. The number of hydrogen-bond acceptors (Lipinski definition) is 3. The zero-order chi connectivity index (χ0) is 17.1. The van der Waals surface area contributed by atoms with Crippen molar-refractivity contribution in [2.24, 2.45) is 0 Å². The van der Waals surface area contributed by atoms with Gasteiger partial charge in [-0.2, -0.15) is 0 Å². The molecule has 0 bridgehead atoms. The van der Waals surface area contributed by atoms with E-state index in [4.69, 9.17) is 0 Å². The van der Waals surface area contributed by atoms with Gasteiger partial charge in [-0.25, -0.2) is 0 Å². The lowest BCUT2D eigenvalue weighted by Gasteiger charge is -2.39. The SMILES string of the molecule is CC(C)c1ccc(C(c2cccs2)N2CCCCC2C(=O)O)cc1. The van der Waals surface area contributed by atoms with Gasteiger partial charge in [0.15, 0.2) is 0 Å². The zero-order valence-corrected chi connectivity index (χ0v) is 15.1. The number of thiophene rings is 1. The molecule has 1 aliphatic heterocycles. The first kappa shape index (κ1) is 17.2. The van der Waals surface area contributed by atoms with Gasteiger partial charge in [0, 0.05) is 4.88 Å². The molecule has 1 fully saturated rings. The summed E-state index contributed by atoms with van der Waals surface area (Å²) in [5, 5.41) is 11.8. The van der Waals surface area contributed by atoms with Gasteiger partial charge >= 0.3 is 5.97 Å². The number of likely N-dealkylation sites (tertiary alicyclic amines) is 1. The molecule has 0 saturated carbocycles. The second kappa shape index (κ2) is 7.49. The van der Waals surface area contributed by atoms with Crippen LogP contribution in [0, 0.1) is 0 Å². The number of aliphatic carboxylic acids is 1. The van der Waals surface area contributed by atoms with Crippen LogP contribution in [0.4, 0.5) is 0 Å². The number of piperidine rings is 1. The normalized spacial score (nSPS) is 20.2. The Hall–Kier alpha value is -1.65. The fraction of sp³-hybridized carbons (Fsp3) is 0.450. The van der Waals surface area contributed by atoms with Gasteiger partial charge in [-0.1, -0.05) is 50.6 Å². The van der Waals surface area contributed by atoms with E-state index in [1.165, 1.54) is 16.0 Å². The fourth-order valence-corrected chi connectivity index (χ4v) is 4.43. The highest BCUT2D eigenvalue weighted by molar-refractivity contribution is 7.10. The minimum atomic E-state index is -0.699. The molecule has 3 rings (SSSR count). The molecule has 1 aromatic heterocycles. The van der Waals surface area contributed by atoms with Gasteiger partial charge in [0.2, 0.25) is 0 Å². The summed E-state index contributed by atoms with van der Waals surface area (Å²) in [7, 11) is 0. The van der Waals surface area contributed by atoms with Gasteiger partial charge in [0.1, 0.15) is 6.04 Å². The van der Waals surface area contributed by atoms with Gasteiger partial charge in [-0.05, 0) is 47.9 Å². The van der Waals surface area contributed by atoms with Crippen molar-refractivity contribution in [2.75, 3.05) is 6.54 Å². The van der Waals surface area contributed by atoms with Gasteiger partial charge in [0.05, 0.1) is 6.04 Å². The van der Waals surface area contributed by atoms with Crippen molar-refractivity contribution in [3.8, 4) is 0 Å². The third-order valence-electron chi connectivity index (χ3n) is 4.89. The Labute approximate surface area is 147 Å². The highest BCUT2D eigenvalue weighted by atomic mass is 32.1. The second-order valence-corrected chi connectivity index (χ2v) is 7.81. The van der Waals surface area contributed by atoms with Gasteiger partial charge < -0.3 is 5.11 Å². The Balaban J connectivity index is 1.99. The van der Waals surface area contributed by atoms with Crippen LogP contribution in [0.5, 0.6) is 0 Å². The van der Waals surface area contributed by atoms with Crippen LogP contribution in [0.2, 0.25) is 0 Å². The third kappa shape index (κ3) is 3.55. The molecule has 24 heavy (non-hydrogen) atoms. The first-order valence-electron chi connectivity index (χ1n) is 8.69. The van der Waals surface area contributed by atoms with E-state index in [-0.39, 0.29) is 6.04 Å². The molecular formula is C20H25NO2S. The first-order chi connectivity index (χ1) is 11.6. The molecule has 0 spiro atoms. The van der Waals surface area contributed by atoms with Crippen molar-refractivity contribution in [3.05, 3.63) is 57.8 Å². The molecule has 0 amide bonds. The summed E-state index contributed by atoms with van der Waals surface area (Å²) in [4.78, 5) is 15.2. The molecule has 2 atom stereocenters. The van der Waals surface area contributed by atoms with E-state index in [1.807, 2.05) is 0 Å². The molecule has 1 aliphatic rings. The quantitative estimate of drug-likeness (QED) is 0.839. The lowest BCUT2D eigenvalue weighted by molar-refractivity contribution is -0.145. The van der Waals surface area contributed by atoms with Gasteiger partial charge in [0.25, 0.3) is 0 Å². The molecule has 4 heteroatoms. The number of benzene rings is 1. The van der Waals surface area contributed by atoms with E-state index in [2.05, 4.69) is 60.5 Å². The van der Waals surface area contributed by atoms with Crippen LogP contribution in [0.25, 0.3) is 0 Å². The van der Waals surface area contributed by atoms with Crippen LogP contribution >= 0.6 is 11.3 Å². The monoisotopic (exact) mass is 343 g/mol. The predicted molar refractivity (Wildman–Crippen MR) is 98.7 cm³/mol. The molecule has 128 valence electrons. The van der Waals surface area contributed by atoms with Crippen LogP contribution in [-0.2, 0) is 4.79 Å². The predicted octanol–water partition coefficient (Wildman–Crippen LogP) is 4.90.